The molecular formula is C26H26F3N5O3. The van der Waals surface area contributed by atoms with Gasteiger partial charge in [0.1, 0.15) is 11.6 Å². The van der Waals surface area contributed by atoms with Gasteiger partial charge in [0.05, 0.1) is 29.3 Å². The van der Waals surface area contributed by atoms with Crippen LogP contribution in [0, 0.1) is 6.92 Å². The molecule has 1 unspecified atom stereocenters. The Balaban J connectivity index is 1.53. The molecule has 11 heteroatoms. The summed E-state index contributed by atoms with van der Waals surface area (Å²) in [6.45, 7) is 3.68. The van der Waals surface area contributed by atoms with Crippen LogP contribution >= 0.6 is 0 Å². The number of aryl methyl sites for hydroxylation is 1. The first-order valence-corrected chi connectivity index (χ1v) is 11.6. The number of ether oxygens (including phenoxy) is 1. The molecule has 0 radical (unpaired) electrons. The molecule has 4 rings (SSSR count). The molecule has 3 aromatic rings. The number of carbonyl (C=O) groups excluding carboxylic acids is 2. The van der Waals surface area contributed by atoms with Gasteiger partial charge in [0.2, 0.25) is 0 Å². The van der Waals surface area contributed by atoms with Crippen LogP contribution < -0.4 is 10.1 Å². The van der Waals surface area contributed by atoms with Crippen LogP contribution in [0.25, 0.3) is 11.3 Å². The van der Waals surface area contributed by atoms with Gasteiger partial charge in [0.15, 0.2) is 0 Å². The lowest BCUT2D eigenvalue weighted by Crippen LogP contribution is -2.38. The minimum absolute atomic E-state index is 0.101. The molecule has 1 aromatic heterocycles. The molecule has 0 bridgehead atoms. The van der Waals surface area contributed by atoms with Gasteiger partial charge >= 0.3 is 12.1 Å². The van der Waals surface area contributed by atoms with Gasteiger partial charge in [-0.05, 0) is 68.9 Å². The van der Waals surface area contributed by atoms with Crippen LogP contribution in [0.1, 0.15) is 22.3 Å². The van der Waals surface area contributed by atoms with Crippen LogP contribution in [-0.4, -0.2) is 71.0 Å². The summed E-state index contributed by atoms with van der Waals surface area (Å²) < 4.78 is 41.6. The Hall–Kier alpha value is -3.99. The molecule has 0 spiro atoms. The molecule has 1 fully saturated rings. The highest BCUT2D eigenvalue weighted by Gasteiger charge is 2.41. The Morgan fingerprint density at radius 1 is 1.14 bits per heavy atom. The average molecular weight is 514 g/mol. The summed E-state index contributed by atoms with van der Waals surface area (Å²) in [7, 11) is 3.84. The molecule has 0 aliphatic carbocycles. The number of hydrogen-bond acceptors (Lipinski definition) is 7. The maximum Gasteiger partial charge on any atom is 0.491 e. The predicted molar refractivity (Wildman–Crippen MR) is 132 cm³/mol. The van der Waals surface area contributed by atoms with Crippen molar-refractivity contribution < 1.29 is 27.5 Å². The van der Waals surface area contributed by atoms with E-state index in [1.807, 2.05) is 33.2 Å². The highest BCUT2D eigenvalue weighted by molar-refractivity contribution is 6.00. The Morgan fingerprint density at radius 2 is 1.86 bits per heavy atom. The third-order valence-electron chi connectivity index (χ3n) is 6.13. The van der Waals surface area contributed by atoms with E-state index in [4.69, 9.17) is 0 Å². The number of nitrogens with zero attached hydrogens (tertiary/aromatic N) is 4. The summed E-state index contributed by atoms with van der Waals surface area (Å²) in [5.74, 6) is -2.25. The summed E-state index contributed by atoms with van der Waals surface area (Å²) in [5, 5.41) is 3.19. The van der Waals surface area contributed by atoms with E-state index >= 15 is 0 Å². The molecule has 1 N–H and O–H groups in total. The molecule has 194 valence electrons. The Kier molecular flexibility index (Phi) is 7.44. The largest absolute Gasteiger partial charge is 0.491 e. The molecule has 37 heavy (non-hydrogen) atoms. The summed E-state index contributed by atoms with van der Waals surface area (Å²) >= 11 is 0. The topological polar surface area (TPSA) is 87.7 Å². The van der Waals surface area contributed by atoms with Crippen molar-refractivity contribution in [1.29, 1.82) is 0 Å². The Bertz CT molecular complexity index is 1300. The van der Waals surface area contributed by atoms with E-state index < -0.39 is 12.1 Å². The maximum absolute atomic E-state index is 13.3. The fourth-order valence-electron chi connectivity index (χ4n) is 4.09. The van der Waals surface area contributed by atoms with Gasteiger partial charge in [-0.3, -0.25) is 9.78 Å². The normalized spacial score (nSPS) is 15.9. The van der Waals surface area contributed by atoms with Crippen LogP contribution in [0.2, 0.25) is 0 Å². The van der Waals surface area contributed by atoms with E-state index in [2.05, 4.69) is 24.9 Å². The number of carbonyl (C=O) groups is 2. The maximum atomic E-state index is 13.3. The van der Waals surface area contributed by atoms with Crippen LogP contribution in [0.3, 0.4) is 0 Å². The fourth-order valence-corrected chi connectivity index (χ4v) is 4.09. The second-order valence-electron chi connectivity index (χ2n) is 9.00. The highest BCUT2D eigenvalue weighted by atomic mass is 19.4. The van der Waals surface area contributed by atoms with E-state index in [1.165, 1.54) is 36.7 Å². The summed E-state index contributed by atoms with van der Waals surface area (Å²) in [4.78, 5) is 37.1. The number of likely N-dealkylation sites (tertiary alicyclic amines) is 1. The highest BCUT2D eigenvalue weighted by Crippen LogP contribution is 2.27. The van der Waals surface area contributed by atoms with Crippen molar-refractivity contribution in [1.82, 2.24) is 19.8 Å². The second-order valence-corrected chi connectivity index (χ2v) is 9.00. The van der Waals surface area contributed by atoms with Crippen LogP contribution in [0.5, 0.6) is 5.75 Å². The minimum atomic E-state index is -5.08. The van der Waals surface area contributed by atoms with Crippen molar-refractivity contribution in [2.24, 2.45) is 0 Å². The standard InChI is InChI=1S/C26H26F3N5O3/c1-16-4-9-20(24(35)34(3)18-10-11-33(2)15-18)21(12-16)31-23-14-30-13-22(32-23)17-5-7-19(8-6-17)37-25(36)26(27,28)29/h4-9,12-14,18H,10-11,15H2,1-3H3,(H,31,32). The Labute approximate surface area is 212 Å². The number of halogens is 3. The number of alkyl halides is 3. The summed E-state index contributed by atoms with van der Waals surface area (Å²) in [5.41, 5.74) is 3.03. The van der Waals surface area contributed by atoms with Crippen molar-refractivity contribution in [2.75, 3.05) is 32.5 Å². The first-order valence-electron chi connectivity index (χ1n) is 11.6. The molecular weight excluding hydrogens is 487 g/mol. The Morgan fingerprint density at radius 3 is 2.51 bits per heavy atom. The van der Waals surface area contributed by atoms with Crippen LogP contribution in [-0.2, 0) is 4.79 Å². The quantitative estimate of drug-likeness (QED) is 0.385. The molecule has 2 heterocycles. The van der Waals surface area contributed by atoms with Crippen LogP contribution in [0.15, 0.2) is 54.9 Å². The van der Waals surface area contributed by atoms with Gasteiger partial charge in [-0.15, -0.1) is 0 Å². The number of hydrogen-bond donors (Lipinski definition) is 1. The molecule has 1 amide bonds. The number of amides is 1. The molecule has 0 saturated carbocycles. The minimum Gasteiger partial charge on any atom is -0.420 e. The number of benzene rings is 2. The number of rotatable bonds is 6. The van der Waals surface area contributed by atoms with E-state index in [0.29, 0.717) is 28.3 Å². The van der Waals surface area contributed by atoms with Gasteiger partial charge in [-0.2, -0.15) is 13.2 Å². The molecule has 1 aliphatic heterocycles. The van der Waals surface area contributed by atoms with Gasteiger partial charge in [0.25, 0.3) is 5.91 Å². The predicted octanol–water partition coefficient (Wildman–Crippen LogP) is 4.44. The lowest BCUT2D eigenvalue weighted by molar-refractivity contribution is -0.189. The monoisotopic (exact) mass is 513 g/mol. The molecule has 2 aromatic carbocycles. The van der Waals surface area contributed by atoms with E-state index in [9.17, 15) is 22.8 Å². The van der Waals surface area contributed by atoms with Crippen molar-refractivity contribution in [2.45, 2.75) is 25.6 Å². The van der Waals surface area contributed by atoms with E-state index in [1.54, 1.807) is 11.0 Å². The lowest BCUT2D eigenvalue weighted by atomic mass is 10.1. The third kappa shape index (κ3) is 6.23. The summed E-state index contributed by atoms with van der Waals surface area (Å²) in [6, 6.07) is 11.1. The number of aromatic nitrogens is 2. The van der Waals surface area contributed by atoms with E-state index in [0.717, 1.165) is 25.1 Å². The van der Waals surface area contributed by atoms with Crippen molar-refractivity contribution >= 4 is 23.4 Å². The smallest absolute Gasteiger partial charge is 0.420 e. The molecule has 1 saturated heterocycles. The van der Waals surface area contributed by atoms with Crippen molar-refractivity contribution in [3.63, 3.8) is 0 Å². The van der Waals surface area contributed by atoms with Crippen molar-refractivity contribution in [3.05, 3.63) is 66.0 Å². The molecule has 8 nitrogen and oxygen atoms in total. The van der Waals surface area contributed by atoms with Gasteiger partial charge in [-0.25, -0.2) is 9.78 Å². The lowest BCUT2D eigenvalue weighted by Gasteiger charge is -2.25. The number of anilines is 2. The molecule has 1 aliphatic rings. The van der Waals surface area contributed by atoms with Gasteiger partial charge in [-0.1, -0.05) is 6.07 Å². The van der Waals surface area contributed by atoms with Gasteiger partial charge < -0.3 is 19.9 Å². The first kappa shape index (κ1) is 26.1. The zero-order chi connectivity index (χ0) is 26.7. The van der Waals surface area contributed by atoms with Crippen LogP contribution in [0.4, 0.5) is 24.7 Å². The number of nitrogens with one attached hydrogen (secondary N) is 1. The first-order chi connectivity index (χ1) is 17.5. The number of esters is 1. The van der Waals surface area contributed by atoms with E-state index in [-0.39, 0.29) is 17.7 Å². The van der Waals surface area contributed by atoms with Gasteiger partial charge in [0, 0.05) is 25.2 Å². The fraction of sp³-hybridized carbons (Fsp3) is 0.308. The zero-order valence-corrected chi connectivity index (χ0v) is 20.5. The third-order valence-corrected chi connectivity index (χ3v) is 6.13. The second kappa shape index (κ2) is 10.6. The SMILES string of the molecule is Cc1ccc(C(=O)N(C)C2CCN(C)C2)c(Nc2cncc(-c3ccc(OC(=O)C(F)(F)F)cc3)n2)c1. The zero-order valence-electron chi connectivity index (χ0n) is 20.5. The van der Waals surface area contributed by atoms with Crippen molar-refractivity contribution in [3.8, 4) is 17.0 Å². The number of likely N-dealkylation sites (N-methyl/N-ethyl adjacent to an activating group) is 2. The molecule has 1 atom stereocenters. The average Bonchev–Trinajstić information content (AvgIpc) is 3.29. The summed E-state index contributed by atoms with van der Waals surface area (Å²) in [6.07, 6.45) is -1.17.